The number of H-pyrrole nitrogens is 1. The van der Waals surface area contributed by atoms with Crippen LogP contribution in [0.5, 0.6) is 0 Å². The zero-order valence-electron chi connectivity index (χ0n) is 12.8. The Hall–Kier alpha value is -1.81. The first kappa shape index (κ1) is 14.1. The number of aliphatic hydroxyl groups is 1. The first-order valence-corrected chi connectivity index (χ1v) is 7.47. The van der Waals surface area contributed by atoms with Crippen molar-refractivity contribution in [3.05, 3.63) is 35.5 Å². The fourth-order valence-corrected chi connectivity index (χ4v) is 2.98. The summed E-state index contributed by atoms with van der Waals surface area (Å²) in [4.78, 5) is 17.5. The Morgan fingerprint density at radius 1 is 1.38 bits per heavy atom. The molecule has 1 fully saturated rings. The van der Waals surface area contributed by atoms with E-state index in [2.05, 4.69) is 4.98 Å². The van der Waals surface area contributed by atoms with E-state index in [1.165, 1.54) is 0 Å². The molecule has 2 aromatic rings. The maximum atomic E-state index is 12.4. The van der Waals surface area contributed by atoms with Gasteiger partial charge < -0.3 is 15.0 Å². The number of nitrogens with one attached hydrogen (secondary N) is 1. The number of para-hydroxylation sites is 1. The third-order valence-electron chi connectivity index (χ3n) is 4.71. The molecule has 0 unspecified atom stereocenters. The minimum Gasteiger partial charge on any atom is -0.386 e. The molecule has 0 bridgehead atoms. The van der Waals surface area contributed by atoms with Gasteiger partial charge in [0.2, 0.25) is 5.91 Å². The molecule has 4 heteroatoms. The molecule has 0 radical (unpaired) electrons. The fraction of sp³-hybridized carbons (Fsp3) is 0.471. The maximum Gasteiger partial charge on any atom is 0.227 e. The number of rotatable bonds is 3. The molecule has 1 aromatic carbocycles. The third kappa shape index (κ3) is 2.33. The summed E-state index contributed by atoms with van der Waals surface area (Å²) < 4.78 is 0. The van der Waals surface area contributed by atoms with E-state index in [-0.39, 0.29) is 11.8 Å². The molecule has 1 aliphatic heterocycles. The number of likely N-dealkylation sites (tertiary alicyclic amines) is 1. The number of aromatic nitrogens is 1. The minimum atomic E-state index is -0.703. The van der Waals surface area contributed by atoms with E-state index in [4.69, 9.17) is 0 Å². The van der Waals surface area contributed by atoms with Crippen molar-refractivity contribution in [3.8, 4) is 0 Å². The molecule has 0 spiro atoms. The molecule has 2 N–H and O–H groups in total. The highest BCUT2D eigenvalue weighted by atomic mass is 16.3. The summed E-state index contributed by atoms with van der Waals surface area (Å²) in [7, 11) is 0. The Morgan fingerprint density at radius 2 is 2.05 bits per heavy atom. The van der Waals surface area contributed by atoms with E-state index in [1.54, 1.807) is 4.90 Å². The van der Waals surface area contributed by atoms with Gasteiger partial charge in [0.1, 0.15) is 5.60 Å². The number of aromatic amines is 1. The second-order valence-electron chi connectivity index (χ2n) is 6.46. The normalized spacial score (nSPS) is 17.3. The van der Waals surface area contributed by atoms with Crippen LogP contribution in [0, 0.1) is 12.8 Å². The lowest BCUT2D eigenvalue weighted by molar-refractivity contribution is -0.163. The van der Waals surface area contributed by atoms with Crippen molar-refractivity contribution in [3.63, 3.8) is 0 Å². The first-order chi connectivity index (χ1) is 9.90. The molecule has 1 aromatic heterocycles. The van der Waals surface area contributed by atoms with Gasteiger partial charge in [-0.3, -0.25) is 4.79 Å². The summed E-state index contributed by atoms with van der Waals surface area (Å²) in [6, 6.07) is 8.05. The van der Waals surface area contributed by atoms with Crippen LogP contribution in [0.3, 0.4) is 0 Å². The summed E-state index contributed by atoms with van der Waals surface area (Å²) in [5.74, 6) is 0.268. The Labute approximate surface area is 124 Å². The van der Waals surface area contributed by atoms with E-state index >= 15 is 0 Å². The van der Waals surface area contributed by atoms with E-state index in [1.807, 2.05) is 45.0 Å². The van der Waals surface area contributed by atoms with Crippen LogP contribution in [-0.4, -0.2) is 39.6 Å². The van der Waals surface area contributed by atoms with Crippen LogP contribution in [0.4, 0.5) is 0 Å². The molecule has 0 aliphatic carbocycles. The van der Waals surface area contributed by atoms with Crippen LogP contribution in [0.15, 0.2) is 24.3 Å². The summed E-state index contributed by atoms with van der Waals surface area (Å²) >= 11 is 0. The molecule has 21 heavy (non-hydrogen) atoms. The van der Waals surface area contributed by atoms with Crippen molar-refractivity contribution in [2.24, 2.45) is 5.92 Å². The van der Waals surface area contributed by atoms with Gasteiger partial charge in [-0.05, 0) is 24.5 Å². The molecule has 2 heterocycles. The van der Waals surface area contributed by atoms with Crippen LogP contribution in [0.25, 0.3) is 10.9 Å². The molecular formula is C17H22N2O2. The Morgan fingerprint density at radius 3 is 2.71 bits per heavy atom. The fourth-order valence-electron chi connectivity index (χ4n) is 2.98. The van der Waals surface area contributed by atoms with E-state index in [0.717, 1.165) is 22.2 Å². The van der Waals surface area contributed by atoms with Crippen molar-refractivity contribution in [2.45, 2.75) is 32.8 Å². The average Bonchev–Trinajstić information content (AvgIpc) is 2.71. The Bertz CT molecular complexity index is 681. The zero-order valence-corrected chi connectivity index (χ0v) is 12.8. The van der Waals surface area contributed by atoms with Gasteiger partial charge in [0, 0.05) is 16.6 Å². The van der Waals surface area contributed by atoms with Gasteiger partial charge in [-0.1, -0.05) is 32.0 Å². The van der Waals surface area contributed by atoms with Gasteiger partial charge in [-0.25, -0.2) is 0 Å². The standard InChI is InChI=1S/C17H22N2O2/c1-11(2)17(21)9-19(10-17)16(20)8-14-12(3)18-15-7-5-4-6-13(14)15/h4-7,11,18,21H,8-10H2,1-3H3. The summed E-state index contributed by atoms with van der Waals surface area (Å²) in [6.07, 6.45) is 0.393. The van der Waals surface area contributed by atoms with Gasteiger partial charge in [0.05, 0.1) is 19.5 Å². The van der Waals surface area contributed by atoms with Crippen molar-refractivity contribution in [2.75, 3.05) is 13.1 Å². The number of amides is 1. The molecule has 4 nitrogen and oxygen atoms in total. The molecule has 0 atom stereocenters. The molecule has 3 rings (SSSR count). The lowest BCUT2D eigenvalue weighted by atomic mass is 9.82. The molecule has 1 amide bonds. The zero-order chi connectivity index (χ0) is 15.2. The van der Waals surface area contributed by atoms with Gasteiger partial charge in [0.25, 0.3) is 0 Å². The first-order valence-electron chi connectivity index (χ1n) is 7.47. The number of hydrogen-bond donors (Lipinski definition) is 2. The smallest absolute Gasteiger partial charge is 0.227 e. The number of nitrogens with zero attached hydrogens (tertiary/aromatic N) is 1. The highest BCUT2D eigenvalue weighted by molar-refractivity contribution is 5.90. The van der Waals surface area contributed by atoms with E-state index in [0.29, 0.717) is 19.5 Å². The van der Waals surface area contributed by atoms with E-state index < -0.39 is 5.60 Å². The number of fused-ring (bicyclic) bond motifs is 1. The molecule has 112 valence electrons. The third-order valence-corrected chi connectivity index (χ3v) is 4.71. The average molecular weight is 286 g/mol. The maximum absolute atomic E-state index is 12.4. The largest absolute Gasteiger partial charge is 0.386 e. The van der Waals surface area contributed by atoms with Crippen LogP contribution in [0.2, 0.25) is 0 Å². The molecule has 0 saturated carbocycles. The quantitative estimate of drug-likeness (QED) is 0.909. The molecule has 1 saturated heterocycles. The number of aryl methyl sites for hydroxylation is 1. The number of benzene rings is 1. The van der Waals surface area contributed by atoms with Crippen molar-refractivity contribution < 1.29 is 9.90 Å². The monoisotopic (exact) mass is 286 g/mol. The SMILES string of the molecule is Cc1[nH]c2ccccc2c1CC(=O)N1CC(O)(C(C)C)C1. The minimum absolute atomic E-state index is 0.0909. The molecule has 1 aliphatic rings. The lowest BCUT2D eigenvalue weighted by Gasteiger charge is -2.49. The Kier molecular flexibility index (Phi) is 3.29. The van der Waals surface area contributed by atoms with Gasteiger partial charge >= 0.3 is 0 Å². The summed E-state index contributed by atoms with van der Waals surface area (Å²) in [6.45, 7) is 6.89. The van der Waals surface area contributed by atoms with E-state index in [9.17, 15) is 9.90 Å². The predicted octanol–water partition coefficient (Wildman–Crippen LogP) is 2.25. The van der Waals surface area contributed by atoms with Crippen LogP contribution in [-0.2, 0) is 11.2 Å². The number of hydrogen-bond acceptors (Lipinski definition) is 2. The lowest BCUT2D eigenvalue weighted by Crippen LogP contribution is -2.66. The Balaban J connectivity index is 1.75. The van der Waals surface area contributed by atoms with Gasteiger partial charge in [0.15, 0.2) is 0 Å². The van der Waals surface area contributed by atoms with Crippen molar-refractivity contribution in [1.29, 1.82) is 0 Å². The van der Waals surface area contributed by atoms with Crippen molar-refractivity contribution >= 4 is 16.8 Å². The van der Waals surface area contributed by atoms with Gasteiger partial charge in [-0.2, -0.15) is 0 Å². The van der Waals surface area contributed by atoms with Gasteiger partial charge in [-0.15, -0.1) is 0 Å². The van der Waals surface area contributed by atoms with Crippen LogP contribution >= 0.6 is 0 Å². The predicted molar refractivity (Wildman–Crippen MR) is 83.1 cm³/mol. The topological polar surface area (TPSA) is 56.3 Å². The second-order valence-corrected chi connectivity index (χ2v) is 6.46. The number of β-amino-alcohol motifs (C(OH)–C–C–N with tert-alkyl or cyclic N) is 1. The second kappa shape index (κ2) is 4.88. The highest BCUT2D eigenvalue weighted by Gasteiger charge is 2.45. The summed E-state index contributed by atoms with van der Waals surface area (Å²) in [5.41, 5.74) is 2.48. The summed E-state index contributed by atoms with van der Waals surface area (Å²) in [5, 5.41) is 11.4. The van der Waals surface area contributed by atoms with Crippen LogP contribution < -0.4 is 0 Å². The molecular weight excluding hydrogens is 264 g/mol. The number of carbonyl (C=O) groups excluding carboxylic acids is 1. The van der Waals surface area contributed by atoms with Crippen LogP contribution in [0.1, 0.15) is 25.1 Å². The van der Waals surface area contributed by atoms with Crippen molar-refractivity contribution in [1.82, 2.24) is 9.88 Å². The highest BCUT2D eigenvalue weighted by Crippen LogP contribution is 2.30. The number of carbonyl (C=O) groups is 1.